The van der Waals surface area contributed by atoms with Gasteiger partial charge in [0.25, 0.3) is 0 Å². The number of hydrogen-bond acceptors (Lipinski definition) is 4. The van der Waals surface area contributed by atoms with Crippen molar-refractivity contribution < 1.29 is 13.2 Å². The van der Waals surface area contributed by atoms with E-state index < -0.39 is 9.84 Å². The Balaban J connectivity index is 1.84. The van der Waals surface area contributed by atoms with Crippen molar-refractivity contribution in [1.29, 1.82) is 0 Å². The van der Waals surface area contributed by atoms with Gasteiger partial charge in [0.2, 0.25) is 0 Å². The van der Waals surface area contributed by atoms with Gasteiger partial charge < -0.3 is 9.30 Å². The van der Waals surface area contributed by atoms with Crippen LogP contribution in [0.25, 0.3) is 11.4 Å². The zero-order valence-electron chi connectivity index (χ0n) is 13.6. The molecule has 0 unspecified atom stereocenters. The Kier molecular flexibility index (Phi) is 5.15. The molecule has 0 spiro atoms. The zero-order valence-corrected chi connectivity index (χ0v) is 15.2. The molecule has 1 aliphatic rings. The molecule has 0 bridgehead atoms. The number of ether oxygens (including phenoxy) is 1. The number of rotatable bonds is 5. The van der Waals surface area contributed by atoms with Crippen LogP contribution in [0.15, 0.2) is 30.6 Å². The molecule has 24 heavy (non-hydrogen) atoms. The van der Waals surface area contributed by atoms with Gasteiger partial charge in [-0.05, 0) is 37.5 Å². The topological polar surface area (TPSA) is 61.2 Å². The number of nitrogens with zero attached hydrogens (tertiary/aromatic N) is 2. The van der Waals surface area contributed by atoms with Crippen LogP contribution in [-0.2, 0) is 9.84 Å². The van der Waals surface area contributed by atoms with E-state index in [9.17, 15) is 8.42 Å². The molecule has 1 aromatic carbocycles. The van der Waals surface area contributed by atoms with Crippen LogP contribution in [0.1, 0.15) is 32.2 Å². The first-order valence-corrected chi connectivity index (χ1v) is 10.4. The highest BCUT2D eigenvalue weighted by atomic mass is 35.5. The zero-order chi connectivity index (χ0) is 17.2. The van der Waals surface area contributed by atoms with Crippen molar-refractivity contribution >= 4 is 21.4 Å². The lowest BCUT2D eigenvalue weighted by Gasteiger charge is -2.25. The molecule has 2 aromatic rings. The molecule has 1 aromatic heterocycles. The number of halogens is 1. The summed E-state index contributed by atoms with van der Waals surface area (Å²) >= 11 is 6.32. The molecule has 130 valence electrons. The molecule has 0 amide bonds. The van der Waals surface area contributed by atoms with Gasteiger partial charge in [0.1, 0.15) is 21.4 Å². The molecule has 1 aliphatic heterocycles. The summed E-state index contributed by atoms with van der Waals surface area (Å²) in [5.74, 6) is 1.95. The number of hydrogen-bond donors (Lipinski definition) is 0. The van der Waals surface area contributed by atoms with Crippen LogP contribution in [0.5, 0.6) is 5.75 Å². The van der Waals surface area contributed by atoms with E-state index in [1.807, 2.05) is 31.3 Å². The summed E-state index contributed by atoms with van der Waals surface area (Å²) in [6, 6.07) is 5.80. The van der Waals surface area contributed by atoms with Gasteiger partial charge in [-0.3, -0.25) is 0 Å². The van der Waals surface area contributed by atoms with Crippen molar-refractivity contribution in [3.05, 3.63) is 35.6 Å². The molecule has 2 heterocycles. The van der Waals surface area contributed by atoms with Crippen molar-refractivity contribution in [1.82, 2.24) is 9.55 Å². The predicted molar refractivity (Wildman–Crippen MR) is 95.4 cm³/mol. The number of aromatic nitrogens is 2. The quantitative estimate of drug-likeness (QED) is 0.806. The third-order valence-electron chi connectivity index (χ3n) is 4.24. The van der Waals surface area contributed by atoms with Crippen molar-refractivity contribution in [3.8, 4) is 17.1 Å². The average Bonchev–Trinajstić information content (AvgIpc) is 3.03. The SMILES string of the molecule is CCCOc1ccc(-c2nccn2C2CCS(=O)(=O)CC2)cc1Cl. The van der Waals surface area contributed by atoms with Gasteiger partial charge in [0, 0.05) is 24.0 Å². The Morgan fingerprint density at radius 2 is 2.08 bits per heavy atom. The molecule has 7 heteroatoms. The highest BCUT2D eigenvalue weighted by Crippen LogP contribution is 2.33. The fourth-order valence-electron chi connectivity index (χ4n) is 2.96. The second-order valence-electron chi connectivity index (χ2n) is 6.03. The van der Waals surface area contributed by atoms with Gasteiger partial charge in [-0.15, -0.1) is 0 Å². The van der Waals surface area contributed by atoms with Gasteiger partial charge in [-0.2, -0.15) is 0 Å². The highest BCUT2D eigenvalue weighted by Gasteiger charge is 2.26. The van der Waals surface area contributed by atoms with E-state index in [4.69, 9.17) is 16.3 Å². The number of benzene rings is 1. The standard InChI is InChI=1S/C17H21ClN2O3S/c1-2-9-23-16-4-3-13(12-15(16)18)17-19-7-8-20(17)14-5-10-24(21,22)11-6-14/h3-4,7-8,12,14H,2,5-6,9-11H2,1H3. The fraction of sp³-hybridized carbons (Fsp3) is 0.471. The molecule has 0 atom stereocenters. The maximum atomic E-state index is 11.6. The van der Waals surface area contributed by atoms with Crippen LogP contribution in [0.3, 0.4) is 0 Å². The Morgan fingerprint density at radius 1 is 1.33 bits per heavy atom. The van der Waals surface area contributed by atoms with E-state index in [1.54, 1.807) is 6.20 Å². The lowest BCUT2D eigenvalue weighted by Crippen LogP contribution is -2.25. The van der Waals surface area contributed by atoms with Crippen LogP contribution in [0, 0.1) is 0 Å². The molecule has 3 rings (SSSR count). The third-order valence-corrected chi connectivity index (χ3v) is 6.25. The highest BCUT2D eigenvalue weighted by molar-refractivity contribution is 7.91. The van der Waals surface area contributed by atoms with Crippen molar-refractivity contribution in [3.63, 3.8) is 0 Å². The van der Waals surface area contributed by atoms with Gasteiger partial charge in [0.05, 0.1) is 23.1 Å². The summed E-state index contributed by atoms with van der Waals surface area (Å²) in [5.41, 5.74) is 0.905. The van der Waals surface area contributed by atoms with Gasteiger partial charge in [-0.1, -0.05) is 18.5 Å². The summed E-state index contributed by atoms with van der Waals surface area (Å²) in [7, 11) is -2.88. The number of imidazole rings is 1. The first-order valence-electron chi connectivity index (χ1n) is 8.16. The number of sulfone groups is 1. The molecule has 5 nitrogen and oxygen atoms in total. The maximum Gasteiger partial charge on any atom is 0.150 e. The lowest BCUT2D eigenvalue weighted by atomic mass is 10.1. The van der Waals surface area contributed by atoms with Crippen LogP contribution in [0.2, 0.25) is 5.02 Å². The Morgan fingerprint density at radius 3 is 2.75 bits per heavy atom. The second kappa shape index (κ2) is 7.15. The van der Waals surface area contributed by atoms with Crippen molar-refractivity contribution in [2.24, 2.45) is 0 Å². The Hall–Kier alpha value is -1.53. The molecule has 0 N–H and O–H groups in total. The van der Waals surface area contributed by atoms with E-state index >= 15 is 0 Å². The minimum Gasteiger partial charge on any atom is -0.492 e. The smallest absolute Gasteiger partial charge is 0.150 e. The summed E-state index contributed by atoms with van der Waals surface area (Å²) in [6.45, 7) is 2.67. The van der Waals surface area contributed by atoms with Crippen LogP contribution in [-0.4, -0.2) is 36.1 Å². The first-order chi connectivity index (χ1) is 11.5. The van der Waals surface area contributed by atoms with E-state index in [-0.39, 0.29) is 17.5 Å². The Labute approximate surface area is 147 Å². The molecule has 1 saturated heterocycles. The van der Waals surface area contributed by atoms with E-state index in [0.29, 0.717) is 30.2 Å². The van der Waals surface area contributed by atoms with Crippen molar-refractivity contribution in [2.45, 2.75) is 32.2 Å². The van der Waals surface area contributed by atoms with Crippen LogP contribution < -0.4 is 4.74 Å². The molecular weight excluding hydrogens is 348 g/mol. The summed E-state index contributed by atoms with van der Waals surface area (Å²) in [5, 5.41) is 0.557. The van der Waals surface area contributed by atoms with Gasteiger partial charge in [-0.25, -0.2) is 13.4 Å². The normalized spacial score (nSPS) is 17.8. The molecule has 0 saturated carbocycles. The minimum absolute atomic E-state index is 0.154. The summed E-state index contributed by atoms with van der Waals surface area (Å²) < 4.78 is 30.9. The van der Waals surface area contributed by atoms with Crippen LogP contribution in [0.4, 0.5) is 0 Å². The molecular formula is C17H21ClN2O3S. The molecule has 0 radical (unpaired) electrons. The van der Waals surface area contributed by atoms with Gasteiger partial charge >= 0.3 is 0 Å². The maximum absolute atomic E-state index is 11.6. The van der Waals surface area contributed by atoms with E-state index in [2.05, 4.69) is 9.55 Å². The summed E-state index contributed by atoms with van der Waals surface area (Å²) in [6.07, 6.45) is 5.82. The monoisotopic (exact) mass is 368 g/mol. The van der Waals surface area contributed by atoms with E-state index in [0.717, 1.165) is 17.8 Å². The Bertz CT molecular complexity index is 803. The summed E-state index contributed by atoms with van der Waals surface area (Å²) in [4.78, 5) is 4.44. The van der Waals surface area contributed by atoms with Crippen LogP contribution >= 0.6 is 11.6 Å². The van der Waals surface area contributed by atoms with Gasteiger partial charge in [0.15, 0.2) is 0 Å². The predicted octanol–water partition coefficient (Wildman–Crippen LogP) is 3.74. The van der Waals surface area contributed by atoms with E-state index in [1.165, 1.54) is 0 Å². The lowest BCUT2D eigenvalue weighted by molar-refractivity contribution is 0.317. The average molecular weight is 369 g/mol. The molecule has 0 aliphatic carbocycles. The molecule has 1 fully saturated rings. The fourth-order valence-corrected chi connectivity index (χ4v) is 4.66. The minimum atomic E-state index is -2.88. The van der Waals surface area contributed by atoms with Crippen molar-refractivity contribution in [2.75, 3.05) is 18.1 Å². The first kappa shape index (κ1) is 17.3. The third kappa shape index (κ3) is 3.75. The largest absolute Gasteiger partial charge is 0.492 e. The second-order valence-corrected chi connectivity index (χ2v) is 8.75.